The van der Waals surface area contributed by atoms with Crippen molar-refractivity contribution in [3.8, 4) is 23.0 Å². The van der Waals surface area contributed by atoms with Crippen LogP contribution in [0.15, 0.2) is 66.4 Å². The highest BCUT2D eigenvalue weighted by Crippen LogP contribution is 2.50. The molecule has 0 radical (unpaired) electrons. The molecule has 32 heavy (non-hydrogen) atoms. The Balaban J connectivity index is 1.64. The minimum atomic E-state index is -0.397. The first kappa shape index (κ1) is 19.9. The number of carbonyl (C=O) groups excluding carboxylic acids is 2. The van der Waals surface area contributed by atoms with Gasteiger partial charge in [-0.05, 0) is 29.8 Å². The fourth-order valence-corrected chi connectivity index (χ4v) is 4.18. The van der Waals surface area contributed by atoms with E-state index in [0.717, 1.165) is 11.1 Å². The summed E-state index contributed by atoms with van der Waals surface area (Å²) in [6, 6.07) is 18.2. The number of esters is 1. The van der Waals surface area contributed by atoms with Crippen LogP contribution in [0.5, 0.6) is 23.0 Å². The maximum atomic E-state index is 13.1. The molecule has 1 unspecified atom stereocenters. The van der Waals surface area contributed by atoms with Crippen molar-refractivity contribution >= 4 is 17.8 Å². The molecule has 0 aromatic heterocycles. The molecule has 0 saturated carbocycles. The smallest absolute Gasteiger partial charge is 0.312 e. The van der Waals surface area contributed by atoms with Gasteiger partial charge in [-0.2, -0.15) is 0 Å². The van der Waals surface area contributed by atoms with Gasteiger partial charge in [-0.15, -0.1) is 0 Å². The van der Waals surface area contributed by atoms with Crippen molar-refractivity contribution in [3.63, 3.8) is 0 Å². The zero-order valence-electron chi connectivity index (χ0n) is 17.6. The fraction of sp³-hybridized carbons (Fsp3) is 0.154. The molecule has 0 saturated heterocycles. The Morgan fingerprint density at radius 3 is 2.50 bits per heavy atom. The summed E-state index contributed by atoms with van der Waals surface area (Å²) in [6.45, 7) is 0. The average Bonchev–Trinajstić information content (AvgIpc) is 3.13. The number of hydrogen-bond acceptors (Lipinski definition) is 6. The summed E-state index contributed by atoms with van der Waals surface area (Å²) in [5, 5.41) is 0. The third-order valence-electron chi connectivity index (χ3n) is 5.69. The van der Waals surface area contributed by atoms with Gasteiger partial charge in [-0.1, -0.05) is 36.4 Å². The highest BCUT2D eigenvalue weighted by Gasteiger charge is 2.39. The van der Waals surface area contributed by atoms with Crippen molar-refractivity contribution < 1.29 is 28.5 Å². The molecule has 3 aromatic rings. The summed E-state index contributed by atoms with van der Waals surface area (Å²) in [4.78, 5) is 25.5. The maximum Gasteiger partial charge on any atom is 0.312 e. The molecule has 0 amide bonds. The third kappa shape index (κ3) is 3.30. The zero-order chi connectivity index (χ0) is 22.2. The van der Waals surface area contributed by atoms with Gasteiger partial charge >= 0.3 is 5.97 Å². The molecular formula is C26H20O6. The monoisotopic (exact) mass is 428 g/mol. The molecule has 0 bridgehead atoms. The summed E-state index contributed by atoms with van der Waals surface area (Å²) >= 11 is 0. The second-order valence-corrected chi connectivity index (χ2v) is 7.54. The molecule has 2 aliphatic heterocycles. The van der Waals surface area contributed by atoms with E-state index in [0.29, 0.717) is 34.1 Å². The van der Waals surface area contributed by atoms with E-state index in [9.17, 15) is 9.59 Å². The van der Waals surface area contributed by atoms with Crippen LogP contribution in [-0.4, -0.2) is 26.0 Å². The molecule has 6 nitrogen and oxygen atoms in total. The van der Waals surface area contributed by atoms with Crippen LogP contribution in [0.4, 0.5) is 0 Å². The number of Topliss-reactive ketones (excluding diaryl/α,β-unsaturated/α-hetero) is 1. The molecular weight excluding hydrogens is 408 g/mol. The summed E-state index contributed by atoms with van der Waals surface area (Å²) in [5.74, 6) is 1.30. The van der Waals surface area contributed by atoms with E-state index in [2.05, 4.69) is 0 Å². The number of fused-ring (bicyclic) bond motifs is 3. The first-order valence-electron chi connectivity index (χ1n) is 10.2. The highest BCUT2D eigenvalue weighted by molar-refractivity contribution is 6.15. The van der Waals surface area contributed by atoms with Gasteiger partial charge in [0.05, 0.1) is 26.2 Å². The highest BCUT2D eigenvalue weighted by atomic mass is 16.5. The Bertz CT molecular complexity index is 1260. The number of allylic oxidation sites excluding steroid dienone is 1. The average molecular weight is 428 g/mol. The molecule has 0 fully saturated rings. The number of benzene rings is 3. The normalized spacial score (nSPS) is 17.9. The molecule has 6 heteroatoms. The zero-order valence-corrected chi connectivity index (χ0v) is 17.6. The van der Waals surface area contributed by atoms with Crippen LogP contribution in [-0.2, 0) is 4.79 Å². The first-order chi connectivity index (χ1) is 15.6. The van der Waals surface area contributed by atoms with Gasteiger partial charge in [0.1, 0.15) is 23.0 Å². The van der Waals surface area contributed by atoms with E-state index >= 15 is 0 Å². The lowest BCUT2D eigenvalue weighted by Crippen LogP contribution is -2.22. The number of carbonyl (C=O) groups is 2. The third-order valence-corrected chi connectivity index (χ3v) is 5.69. The fourth-order valence-electron chi connectivity index (χ4n) is 4.18. The van der Waals surface area contributed by atoms with E-state index in [1.807, 2.05) is 42.5 Å². The molecule has 2 aliphatic rings. The van der Waals surface area contributed by atoms with Crippen LogP contribution in [0, 0.1) is 0 Å². The molecule has 1 atom stereocenters. The predicted molar refractivity (Wildman–Crippen MR) is 117 cm³/mol. The summed E-state index contributed by atoms with van der Waals surface area (Å²) < 4.78 is 22.5. The van der Waals surface area contributed by atoms with Crippen molar-refractivity contribution in [1.82, 2.24) is 0 Å². The number of methoxy groups -OCH3 is 2. The molecule has 0 aliphatic carbocycles. The van der Waals surface area contributed by atoms with Crippen LogP contribution in [0.3, 0.4) is 0 Å². The van der Waals surface area contributed by atoms with E-state index in [-0.39, 0.29) is 23.9 Å². The van der Waals surface area contributed by atoms with E-state index in [1.165, 1.54) is 0 Å². The topological polar surface area (TPSA) is 71.1 Å². The second-order valence-electron chi connectivity index (χ2n) is 7.54. The quantitative estimate of drug-likeness (QED) is 0.339. The van der Waals surface area contributed by atoms with Crippen LogP contribution in [0.25, 0.3) is 6.08 Å². The number of ketones is 1. The molecule has 0 N–H and O–H groups in total. The van der Waals surface area contributed by atoms with Crippen molar-refractivity contribution in [2.45, 2.75) is 12.3 Å². The second kappa shape index (κ2) is 7.89. The summed E-state index contributed by atoms with van der Waals surface area (Å²) in [6.07, 6.45) is 1.81. The Morgan fingerprint density at radius 1 is 0.938 bits per heavy atom. The van der Waals surface area contributed by atoms with Crippen molar-refractivity contribution in [3.05, 3.63) is 88.7 Å². The molecule has 5 rings (SSSR count). The Hall–Kier alpha value is -4.06. The summed E-state index contributed by atoms with van der Waals surface area (Å²) in [5.41, 5.74) is 2.75. The van der Waals surface area contributed by atoms with Gasteiger partial charge in [0.15, 0.2) is 5.76 Å². The first-order valence-corrected chi connectivity index (χ1v) is 10.2. The largest absolute Gasteiger partial charge is 0.497 e. The number of rotatable bonds is 4. The predicted octanol–water partition coefficient (Wildman–Crippen LogP) is 4.76. The molecule has 0 spiro atoms. The number of ether oxygens (including phenoxy) is 4. The minimum Gasteiger partial charge on any atom is -0.497 e. The lowest BCUT2D eigenvalue weighted by atomic mass is 9.84. The van der Waals surface area contributed by atoms with Crippen LogP contribution in [0.1, 0.15) is 39.4 Å². The Labute approximate surface area is 185 Å². The standard InChI is InChI=1S/C26H20O6/c1-29-16-8-9-17(21(13-16)30-2)19-14-23(27)31-20-11-10-18-25(28)22(32-26(18)24(19)20)12-15-6-4-3-5-7-15/h3-13,19H,14H2,1-2H3. The molecule has 2 heterocycles. The van der Waals surface area contributed by atoms with Gasteiger partial charge in [0.2, 0.25) is 5.78 Å². The van der Waals surface area contributed by atoms with Crippen LogP contribution >= 0.6 is 0 Å². The van der Waals surface area contributed by atoms with Gasteiger partial charge in [-0.25, -0.2) is 0 Å². The van der Waals surface area contributed by atoms with Gasteiger partial charge < -0.3 is 18.9 Å². The minimum absolute atomic E-state index is 0.0986. The molecule has 3 aromatic carbocycles. The van der Waals surface area contributed by atoms with E-state index in [4.69, 9.17) is 18.9 Å². The lowest BCUT2D eigenvalue weighted by Gasteiger charge is -2.27. The molecule has 160 valence electrons. The van der Waals surface area contributed by atoms with E-state index < -0.39 is 5.92 Å². The Kier molecular flexibility index (Phi) is 4.90. The van der Waals surface area contributed by atoms with Gasteiger partial charge in [-0.3, -0.25) is 9.59 Å². The Morgan fingerprint density at radius 2 is 1.75 bits per heavy atom. The van der Waals surface area contributed by atoms with Crippen LogP contribution < -0.4 is 18.9 Å². The lowest BCUT2D eigenvalue weighted by molar-refractivity contribution is -0.135. The van der Waals surface area contributed by atoms with Crippen molar-refractivity contribution in [1.29, 1.82) is 0 Å². The van der Waals surface area contributed by atoms with Gasteiger partial charge in [0, 0.05) is 23.1 Å². The van der Waals surface area contributed by atoms with Crippen LogP contribution in [0.2, 0.25) is 0 Å². The van der Waals surface area contributed by atoms with Crippen molar-refractivity contribution in [2.24, 2.45) is 0 Å². The van der Waals surface area contributed by atoms with Gasteiger partial charge in [0.25, 0.3) is 0 Å². The van der Waals surface area contributed by atoms with Crippen molar-refractivity contribution in [2.75, 3.05) is 14.2 Å². The number of hydrogen-bond donors (Lipinski definition) is 0. The SMILES string of the molecule is COc1ccc(C2CC(=O)Oc3ccc4c(c32)OC(=Cc2ccccc2)C4=O)c(OC)c1. The summed E-state index contributed by atoms with van der Waals surface area (Å²) in [7, 11) is 3.14. The maximum absolute atomic E-state index is 13.1. The van der Waals surface area contributed by atoms with E-state index in [1.54, 1.807) is 38.5 Å².